The van der Waals surface area contributed by atoms with Gasteiger partial charge in [-0.3, -0.25) is 28.8 Å². The molecule has 0 radical (unpaired) electrons. The van der Waals surface area contributed by atoms with E-state index in [0.717, 1.165) is 29.1 Å². The maximum absolute atomic E-state index is 13.9. The number of nitrogens with zero attached hydrogens (tertiary/aromatic N) is 2. The Hall–Kier alpha value is -5.71. The molecule has 17 nitrogen and oxygen atoms in total. The first-order valence-corrected chi connectivity index (χ1v) is 21.2. The van der Waals surface area contributed by atoms with Crippen LogP contribution in [0, 0.1) is 0 Å². The Kier molecular flexibility index (Phi) is 20.0. The molecule has 1 heterocycles. The maximum Gasteiger partial charge on any atom is 0.326 e. The fourth-order valence-electron chi connectivity index (χ4n) is 7.14. The molecule has 5 unspecified atom stereocenters. The Morgan fingerprint density at radius 1 is 0.787 bits per heavy atom. The smallest absolute Gasteiger partial charge is 0.326 e. The fraction of sp³-hybridized carbons (Fsp3) is 0.568. The van der Waals surface area contributed by atoms with Gasteiger partial charge in [-0.1, -0.05) is 83.3 Å². The molecule has 8 N–H and O–H groups in total. The van der Waals surface area contributed by atoms with E-state index >= 15 is 0 Å². The van der Waals surface area contributed by atoms with Crippen molar-refractivity contribution in [2.75, 3.05) is 27.2 Å². The summed E-state index contributed by atoms with van der Waals surface area (Å²) in [4.78, 5) is 93.8. The number of nitrogens with one attached hydrogen (secondary N) is 4. The predicted octanol–water partition coefficient (Wildman–Crippen LogP) is 3.04. The zero-order chi connectivity index (χ0) is 45.2. The van der Waals surface area contributed by atoms with Gasteiger partial charge >= 0.3 is 5.97 Å². The molecule has 336 valence electrons. The molecule has 0 aliphatic carbocycles. The summed E-state index contributed by atoms with van der Waals surface area (Å²) >= 11 is 0. The van der Waals surface area contributed by atoms with Crippen molar-refractivity contribution < 1.29 is 54.0 Å². The number of benzene rings is 2. The number of aliphatic carboxylic acids is 1. The van der Waals surface area contributed by atoms with Crippen molar-refractivity contribution in [1.29, 1.82) is 0 Å². The van der Waals surface area contributed by atoms with E-state index in [0.29, 0.717) is 12.0 Å². The van der Waals surface area contributed by atoms with Crippen molar-refractivity contribution in [2.45, 2.75) is 134 Å². The number of phenolic OH excluding ortho intramolecular Hbond substituents is 2. The second kappa shape index (κ2) is 24.5. The number of carbonyl (C=O) groups is 7. The second-order valence-electron chi connectivity index (χ2n) is 15.8. The van der Waals surface area contributed by atoms with E-state index < -0.39 is 78.9 Å². The number of likely N-dealkylation sites (N-methyl/N-ethyl adjacent to an activating group) is 2. The molecule has 61 heavy (non-hydrogen) atoms. The number of aliphatic hydroxyl groups excluding tert-OH is 1. The molecule has 6 amide bonds. The highest BCUT2D eigenvalue weighted by Crippen LogP contribution is 2.38. The van der Waals surface area contributed by atoms with Crippen LogP contribution in [0.2, 0.25) is 0 Å². The van der Waals surface area contributed by atoms with Crippen LogP contribution in [0.25, 0.3) is 11.1 Å². The normalized spacial score (nSPS) is 17.4. The maximum atomic E-state index is 13.9. The molecule has 0 saturated heterocycles. The molecule has 1 aliphatic heterocycles. The van der Waals surface area contributed by atoms with Gasteiger partial charge in [-0.25, -0.2) is 4.79 Å². The van der Waals surface area contributed by atoms with Crippen molar-refractivity contribution in [3.63, 3.8) is 0 Å². The number of hydrogen-bond donors (Lipinski definition) is 8. The fourth-order valence-corrected chi connectivity index (χ4v) is 7.14. The van der Waals surface area contributed by atoms with Crippen molar-refractivity contribution >= 4 is 41.4 Å². The zero-order valence-electron chi connectivity index (χ0n) is 36.0. The van der Waals surface area contributed by atoms with Crippen molar-refractivity contribution in [1.82, 2.24) is 31.1 Å². The van der Waals surface area contributed by atoms with Crippen molar-refractivity contribution in [3.05, 3.63) is 47.5 Å². The molecular weight excluding hydrogens is 789 g/mol. The number of carboxylic acids is 1. The predicted molar refractivity (Wildman–Crippen MR) is 227 cm³/mol. The first-order valence-electron chi connectivity index (χ1n) is 21.2. The van der Waals surface area contributed by atoms with E-state index in [4.69, 9.17) is 0 Å². The molecule has 0 saturated carbocycles. The highest BCUT2D eigenvalue weighted by atomic mass is 16.4. The Balaban J connectivity index is 1.65. The lowest BCUT2D eigenvalue weighted by atomic mass is 9.94. The van der Waals surface area contributed by atoms with Gasteiger partial charge in [-0.2, -0.15) is 0 Å². The first-order chi connectivity index (χ1) is 29.0. The average Bonchev–Trinajstić information content (AvgIpc) is 3.22. The third-order valence-electron chi connectivity index (χ3n) is 11.0. The van der Waals surface area contributed by atoms with Crippen LogP contribution in [-0.2, 0) is 40.0 Å². The molecule has 1 aliphatic rings. The number of rotatable bonds is 21. The van der Waals surface area contributed by atoms with Gasteiger partial charge in [0.05, 0.1) is 13.2 Å². The third-order valence-corrected chi connectivity index (χ3v) is 11.0. The summed E-state index contributed by atoms with van der Waals surface area (Å²) in [6, 6.07) is 1.63. The van der Waals surface area contributed by atoms with Crippen LogP contribution in [0.5, 0.6) is 11.5 Å². The Morgan fingerprint density at radius 3 is 1.95 bits per heavy atom. The second-order valence-corrected chi connectivity index (χ2v) is 15.8. The van der Waals surface area contributed by atoms with Crippen molar-refractivity contribution in [2.24, 2.45) is 0 Å². The van der Waals surface area contributed by atoms with Crippen LogP contribution >= 0.6 is 0 Å². The van der Waals surface area contributed by atoms with Crippen LogP contribution < -0.4 is 21.3 Å². The molecule has 4 bridgehead atoms. The van der Waals surface area contributed by atoms with Gasteiger partial charge in [0.1, 0.15) is 41.7 Å². The van der Waals surface area contributed by atoms with Crippen LogP contribution in [0.4, 0.5) is 0 Å². The number of hydrogen-bond acceptors (Lipinski definition) is 10. The third kappa shape index (κ3) is 14.8. The van der Waals surface area contributed by atoms with Gasteiger partial charge in [-0.05, 0) is 55.7 Å². The molecule has 2 aromatic rings. The minimum Gasteiger partial charge on any atom is -0.507 e. The number of phenols is 2. The Bertz CT molecular complexity index is 1860. The summed E-state index contributed by atoms with van der Waals surface area (Å²) in [6.45, 7) is 3.56. The lowest BCUT2D eigenvalue weighted by molar-refractivity contribution is -0.143. The van der Waals surface area contributed by atoms with E-state index in [1.165, 1.54) is 109 Å². The molecule has 5 atom stereocenters. The number of carboxylic acid groups (broad SMARTS) is 1. The zero-order valence-corrected chi connectivity index (χ0v) is 36.0. The summed E-state index contributed by atoms with van der Waals surface area (Å²) in [5, 5.41) is 51.2. The van der Waals surface area contributed by atoms with Crippen LogP contribution in [0.15, 0.2) is 36.4 Å². The molecule has 2 aromatic carbocycles. The number of aromatic hydroxyl groups is 2. The number of unbranched alkanes of at least 4 members (excludes halogenated alkanes) is 10. The average molecular weight is 853 g/mol. The molecular formula is C44H64N6O11. The first kappa shape index (κ1) is 49.7. The number of amides is 6. The lowest BCUT2D eigenvalue weighted by Gasteiger charge is -2.30. The molecule has 3 rings (SSSR count). The molecule has 17 heteroatoms. The van der Waals surface area contributed by atoms with E-state index in [1.54, 1.807) is 0 Å². The van der Waals surface area contributed by atoms with Crippen LogP contribution in [-0.4, -0.2) is 123 Å². The van der Waals surface area contributed by atoms with Gasteiger partial charge in [0.2, 0.25) is 35.4 Å². The minimum atomic E-state index is -1.47. The van der Waals surface area contributed by atoms with Gasteiger partial charge in [0.25, 0.3) is 0 Å². The summed E-state index contributed by atoms with van der Waals surface area (Å²) < 4.78 is 0. The number of carbonyl (C=O) groups excluding carboxylic acids is 6. The SMILES string of the molecule is CCCCCCCCCCCCCC(=O)N(C)C(CO)C(=O)NC(C)C(=O)NCC(=O)N(C)C1C(=O)NC(C)C(=O)NC(C(=O)O)Cc2ccc(O)c(c2)-c2cc1ccc2O. The summed E-state index contributed by atoms with van der Waals surface area (Å²) in [5.41, 5.74) is 0.726. The lowest BCUT2D eigenvalue weighted by Crippen LogP contribution is -2.55. The highest BCUT2D eigenvalue weighted by Gasteiger charge is 2.34. The highest BCUT2D eigenvalue weighted by molar-refractivity contribution is 5.96. The molecule has 0 fully saturated rings. The Labute approximate surface area is 357 Å². The standard InChI is InChI=1S/C44H64N6O11/c1-6-7-8-9-10-11-12-13-14-15-16-17-37(54)49(4)34(26-51)42(58)46-27(2)40(56)45-25-38(55)50(5)39-30-19-21-36(53)32(24-30)31-22-29(18-20-35(31)52)23-33(44(60)61)48-41(57)28(3)47-43(39)59/h18-22,24,27-28,33-34,39,51-53H,6-17,23,25-26H2,1-5H3,(H,45,56)(H,46,58)(H,47,59)(H,48,57)(H,60,61). The van der Waals surface area contributed by atoms with Crippen molar-refractivity contribution in [3.8, 4) is 22.6 Å². The van der Waals surface area contributed by atoms with Crippen LogP contribution in [0.1, 0.15) is 115 Å². The van der Waals surface area contributed by atoms with E-state index in [9.17, 15) is 54.0 Å². The summed E-state index contributed by atoms with van der Waals surface area (Å²) in [6.07, 6.45) is 12.4. The van der Waals surface area contributed by atoms with Gasteiger partial charge in [0, 0.05) is 38.1 Å². The largest absolute Gasteiger partial charge is 0.507 e. The number of fused-ring (bicyclic) bond motifs is 5. The minimum absolute atomic E-state index is 0.0667. The van der Waals surface area contributed by atoms with E-state index in [1.807, 2.05) is 0 Å². The van der Waals surface area contributed by atoms with E-state index in [2.05, 4.69) is 28.2 Å². The number of aliphatic hydroxyl groups is 1. The summed E-state index contributed by atoms with van der Waals surface area (Å²) in [7, 11) is 2.69. The van der Waals surface area contributed by atoms with Gasteiger partial charge in [-0.15, -0.1) is 0 Å². The van der Waals surface area contributed by atoms with Gasteiger partial charge < -0.3 is 51.5 Å². The van der Waals surface area contributed by atoms with Crippen LogP contribution in [0.3, 0.4) is 0 Å². The topological polar surface area (TPSA) is 255 Å². The quantitative estimate of drug-likeness (QED) is 0.0848. The molecule has 0 spiro atoms. The summed E-state index contributed by atoms with van der Waals surface area (Å²) in [5.74, 6) is -6.24. The Morgan fingerprint density at radius 2 is 1.36 bits per heavy atom. The van der Waals surface area contributed by atoms with E-state index in [-0.39, 0.29) is 46.9 Å². The molecule has 0 aromatic heterocycles. The van der Waals surface area contributed by atoms with Gasteiger partial charge in [0.15, 0.2) is 0 Å². The monoisotopic (exact) mass is 852 g/mol.